The third-order valence-corrected chi connectivity index (χ3v) is 4.42. The Hall–Kier alpha value is -0.463. The van der Waals surface area contributed by atoms with Crippen LogP contribution in [-0.2, 0) is 9.59 Å². The first-order valence-corrected chi connectivity index (χ1v) is 8.17. The molecule has 0 fully saturated rings. The first-order chi connectivity index (χ1) is 9.70. The predicted molar refractivity (Wildman–Crippen MR) is 91.5 cm³/mol. The number of hydrogen-bond donors (Lipinski definition) is 2. The molecule has 0 spiro atoms. The van der Waals surface area contributed by atoms with Crippen LogP contribution in [0.4, 0.5) is 0 Å². The van der Waals surface area contributed by atoms with Gasteiger partial charge in [-0.05, 0) is 11.8 Å². The summed E-state index contributed by atoms with van der Waals surface area (Å²) in [6.07, 6.45) is 8.95. The van der Waals surface area contributed by atoms with Crippen LogP contribution in [0.3, 0.4) is 0 Å². The normalized spacial score (nSPS) is 11.8. The molecule has 0 aromatic heterocycles. The zero-order valence-electron chi connectivity index (χ0n) is 14.1. The van der Waals surface area contributed by atoms with E-state index < -0.39 is 22.8 Å². The van der Waals surface area contributed by atoms with Crippen molar-refractivity contribution in [1.82, 2.24) is 0 Å². The van der Waals surface area contributed by atoms with Crippen LogP contribution in [0.5, 0.6) is 0 Å². The van der Waals surface area contributed by atoms with Gasteiger partial charge in [0.1, 0.15) is 0 Å². The fraction of sp³-hybridized carbons (Fsp3) is 0.882. The van der Waals surface area contributed by atoms with Gasteiger partial charge in [-0.2, -0.15) is 0 Å². The van der Waals surface area contributed by atoms with E-state index in [9.17, 15) is 19.8 Å². The van der Waals surface area contributed by atoms with Crippen molar-refractivity contribution in [2.75, 3.05) is 0 Å². The Morgan fingerprint density at radius 2 is 1.14 bits per heavy atom. The molecular weight excluding hydrogens is 275 g/mol. The van der Waals surface area contributed by atoms with E-state index >= 15 is 0 Å². The van der Waals surface area contributed by atoms with Crippen molar-refractivity contribution in [3.63, 3.8) is 0 Å². The Bertz CT molecular complexity index is 320. The van der Waals surface area contributed by atoms with Gasteiger partial charge in [0.25, 0.3) is 0 Å². The average Bonchev–Trinajstić information content (AvgIpc) is 2.34. The number of unbranched alkanes of at least 4 members (excludes halogenated alkanes) is 7. The van der Waals surface area contributed by atoms with Gasteiger partial charge in [-0.15, -0.1) is 0 Å². The molecule has 0 rings (SSSR count). The topological polar surface area (TPSA) is 74.6 Å². The van der Waals surface area contributed by atoms with Crippen LogP contribution in [0.2, 0.25) is 0 Å². The average molecular weight is 308 g/mol. The van der Waals surface area contributed by atoms with Gasteiger partial charge in [-0.3, -0.25) is 9.59 Å². The molecular formula is C17H33LiO4. The second-order valence-corrected chi connectivity index (χ2v) is 6.99. The van der Waals surface area contributed by atoms with Crippen molar-refractivity contribution in [3.05, 3.63) is 0 Å². The fourth-order valence-corrected chi connectivity index (χ4v) is 2.85. The molecule has 0 amide bonds. The van der Waals surface area contributed by atoms with Gasteiger partial charge in [0, 0.05) is 0 Å². The standard InChI is InChI=1S/C17H32O4.Li.H/c1-5-6-7-8-9-10-11-12-13-17(14(18)19,15(20)21)16(2,3)4;;/h5-13H2,1-4H3,(H,18,19)(H,20,21);;. The second-order valence-electron chi connectivity index (χ2n) is 6.99. The van der Waals surface area contributed by atoms with Crippen LogP contribution in [0.15, 0.2) is 0 Å². The Morgan fingerprint density at radius 1 is 0.773 bits per heavy atom. The quantitative estimate of drug-likeness (QED) is 0.343. The summed E-state index contributed by atoms with van der Waals surface area (Å²) in [5.41, 5.74) is -2.49. The number of carbonyl (C=O) groups is 2. The van der Waals surface area contributed by atoms with Gasteiger partial charge >= 0.3 is 30.8 Å². The third kappa shape index (κ3) is 6.75. The van der Waals surface area contributed by atoms with E-state index in [0.717, 1.165) is 19.3 Å². The van der Waals surface area contributed by atoms with Crippen molar-refractivity contribution in [3.8, 4) is 0 Å². The summed E-state index contributed by atoms with van der Waals surface area (Å²) in [5.74, 6) is -2.43. The van der Waals surface area contributed by atoms with Crippen molar-refractivity contribution in [2.24, 2.45) is 10.8 Å². The minimum atomic E-state index is -1.69. The summed E-state index contributed by atoms with van der Waals surface area (Å²) >= 11 is 0. The number of aliphatic carboxylic acids is 2. The summed E-state index contributed by atoms with van der Waals surface area (Å²) in [7, 11) is 0. The van der Waals surface area contributed by atoms with E-state index in [-0.39, 0.29) is 25.3 Å². The Balaban J connectivity index is 0. The van der Waals surface area contributed by atoms with Crippen LogP contribution in [0.1, 0.15) is 85.5 Å². The van der Waals surface area contributed by atoms with Crippen molar-refractivity contribution >= 4 is 30.8 Å². The SMILES string of the molecule is CCCCCCCCCCC(C(=O)O)(C(=O)O)C(C)(C)C.[LiH]. The molecule has 126 valence electrons. The summed E-state index contributed by atoms with van der Waals surface area (Å²) < 4.78 is 0. The van der Waals surface area contributed by atoms with E-state index in [0.29, 0.717) is 6.42 Å². The van der Waals surface area contributed by atoms with Gasteiger partial charge in [-0.1, -0.05) is 79.1 Å². The van der Waals surface area contributed by atoms with E-state index in [1.807, 2.05) is 0 Å². The summed E-state index contributed by atoms with van der Waals surface area (Å²) in [5, 5.41) is 18.9. The van der Waals surface area contributed by atoms with Crippen molar-refractivity contribution < 1.29 is 19.8 Å². The van der Waals surface area contributed by atoms with Crippen LogP contribution in [-0.4, -0.2) is 41.0 Å². The first-order valence-electron chi connectivity index (χ1n) is 8.17. The molecule has 0 unspecified atom stereocenters. The third-order valence-electron chi connectivity index (χ3n) is 4.42. The molecule has 0 aliphatic heterocycles. The molecule has 0 aliphatic carbocycles. The molecule has 0 aromatic carbocycles. The maximum atomic E-state index is 11.6. The van der Waals surface area contributed by atoms with Gasteiger partial charge < -0.3 is 10.2 Å². The van der Waals surface area contributed by atoms with Crippen molar-refractivity contribution in [1.29, 1.82) is 0 Å². The summed E-state index contributed by atoms with van der Waals surface area (Å²) in [4.78, 5) is 23.1. The number of carboxylic acids is 2. The van der Waals surface area contributed by atoms with Gasteiger partial charge in [-0.25, -0.2) is 0 Å². The molecule has 5 heteroatoms. The summed E-state index contributed by atoms with van der Waals surface area (Å²) in [6.45, 7) is 7.27. The van der Waals surface area contributed by atoms with E-state index in [4.69, 9.17) is 0 Å². The van der Waals surface area contributed by atoms with Gasteiger partial charge in [0.05, 0.1) is 0 Å². The van der Waals surface area contributed by atoms with Crippen LogP contribution in [0.25, 0.3) is 0 Å². The number of rotatable bonds is 11. The molecule has 0 aliphatic rings. The van der Waals surface area contributed by atoms with Gasteiger partial charge in [0.15, 0.2) is 5.41 Å². The number of carboxylic acid groups (broad SMARTS) is 2. The second kappa shape index (κ2) is 11.1. The van der Waals surface area contributed by atoms with Gasteiger partial charge in [0.2, 0.25) is 0 Å². The zero-order chi connectivity index (χ0) is 16.5. The monoisotopic (exact) mass is 308 g/mol. The Kier molecular flexibility index (Phi) is 12.0. The molecule has 0 bridgehead atoms. The molecule has 2 N–H and O–H groups in total. The maximum absolute atomic E-state index is 11.6. The molecule has 4 nitrogen and oxygen atoms in total. The van der Waals surface area contributed by atoms with Crippen LogP contribution in [0, 0.1) is 10.8 Å². The zero-order valence-corrected chi connectivity index (χ0v) is 14.1. The molecule has 0 saturated heterocycles. The van der Waals surface area contributed by atoms with Crippen LogP contribution >= 0.6 is 0 Å². The molecule has 0 radical (unpaired) electrons. The summed E-state index contributed by atoms with van der Waals surface area (Å²) in [6, 6.07) is 0. The Morgan fingerprint density at radius 3 is 1.45 bits per heavy atom. The molecule has 0 atom stereocenters. The fourth-order valence-electron chi connectivity index (χ4n) is 2.85. The Labute approximate surface area is 147 Å². The predicted octanol–water partition coefficient (Wildman–Crippen LogP) is 4.07. The van der Waals surface area contributed by atoms with E-state index in [1.165, 1.54) is 25.7 Å². The number of hydrogen-bond acceptors (Lipinski definition) is 2. The molecule has 0 heterocycles. The van der Waals surface area contributed by atoms with E-state index in [1.54, 1.807) is 20.8 Å². The molecule has 22 heavy (non-hydrogen) atoms. The first kappa shape index (κ1) is 23.8. The van der Waals surface area contributed by atoms with E-state index in [2.05, 4.69) is 6.92 Å². The molecule has 0 saturated carbocycles. The van der Waals surface area contributed by atoms with Crippen LogP contribution < -0.4 is 0 Å². The minimum absolute atomic E-state index is 0. The molecule has 0 aromatic rings. The van der Waals surface area contributed by atoms with Crippen molar-refractivity contribution in [2.45, 2.75) is 85.5 Å².